The van der Waals surface area contributed by atoms with Crippen LogP contribution in [0.2, 0.25) is 0 Å². The zero-order valence-electron chi connectivity index (χ0n) is 13.2. The first-order valence-corrected chi connectivity index (χ1v) is 7.92. The second kappa shape index (κ2) is 6.94. The molecule has 1 unspecified atom stereocenters. The molecule has 0 aliphatic carbocycles. The van der Waals surface area contributed by atoms with Crippen LogP contribution in [0.1, 0.15) is 70.2 Å². The molecule has 0 spiro atoms. The minimum absolute atomic E-state index is 0.342. The normalized spacial score (nSPS) is 13.2. The standard InChI is InChI=1S/C18H27NO/c1-5-7-16(19-10-6-2)18-12-15-11-14(13(3)4)8-9-17(15)20-18/h8-9,11-13,16,19H,5-7,10H2,1-4H3. The third kappa shape index (κ3) is 3.43. The lowest BCUT2D eigenvalue weighted by atomic mass is 10.0. The van der Waals surface area contributed by atoms with Crippen molar-refractivity contribution >= 4 is 11.0 Å². The van der Waals surface area contributed by atoms with Crippen molar-refractivity contribution in [1.29, 1.82) is 0 Å². The summed E-state index contributed by atoms with van der Waals surface area (Å²) in [5, 5.41) is 4.82. The maximum atomic E-state index is 6.05. The Morgan fingerprint density at radius 1 is 1.10 bits per heavy atom. The number of hydrogen-bond donors (Lipinski definition) is 1. The zero-order chi connectivity index (χ0) is 14.5. The third-order valence-electron chi connectivity index (χ3n) is 3.79. The van der Waals surface area contributed by atoms with Gasteiger partial charge in [-0.3, -0.25) is 0 Å². The smallest absolute Gasteiger partial charge is 0.134 e. The number of nitrogens with one attached hydrogen (secondary N) is 1. The molecule has 0 saturated carbocycles. The first kappa shape index (κ1) is 15.1. The Balaban J connectivity index is 2.28. The number of fused-ring (bicyclic) bond motifs is 1. The Kier molecular flexibility index (Phi) is 5.24. The Hall–Kier alpha value is -1.28. The fourth-order valence-corrected chi connectivity index (χ4v) is 2.57. The molecular weight excluding hydrogens is 246 g/mol. The predicted octanol–water partition coefficient (Wildman–Crippen LogP) is 5.40. The molecule has 2 nitrogen and oxygen atoms in total. The lowest BCUT2D eigenvalue weighted by Gasteiger charge is -2.14. The van der Waals surface area contributed by atoms with Crippen molar-refractivity contribution in [3.05, 3.63) is 35.6 Å². The summed E-state index contributed by atoms with van der Waals surface area (Å²) in [5.74, 6) is 1.64. The van der Waals surface area contributed by atoms with Gasteiger partial charge in [0.05, 0.1) is 6.04 Å². The van der Waals surface area contributed by atoms with Gasteiger partial charge in [0, 0.05) is 5.39 Å². The van der Waals surface area contributed by atoms with Crippen LogP contribution in [-0.2, 0) is 0 Å². The van der Waals surface area contributed by atoms with Gasteiger partial charge < -0.3 is 9.73 Å². The second-order valence-corrected chi connectivity index (χ2v) is 5.90. The van der Waals surface area contributed by atoms with Crippen LogP contribution in [-0.4, -0.2) is 6.54 Å². The minimum atomic E-state index is 0.342. The summed E-state index contributed by atoms with van der Waals surface area (Å²) in [5.41, 5.74) is 2.38. The molecule has 0 radical (unpaired) electrons. The van der Waals surface area contributed by atoms with Crippen molar-refractivity contribution in [3.63, 3.8) is 0 Å². The van der Waals surface area contributed by atoms with Gasteiger partial charge in [-0.25, -0.2) is 0 Å². The Morgan fingerprint density at radius 2 is 1.90 bits per heavy atom. The van der Waals surface area contributed by atoms with Crippen LogP contribution in [0.3, 0.4) is 0 Å². The molecule has 1 atom stereocenters. The largest absolute Gasteiger partial charge is 0.459 e. The average Bonchev–Trinajstić information content (AvgIpc) is 2.85. The topological polar surface area (TPSA) is 25.2 Å². The lowest BCUT2D eigenvalue weighted by Crippen LogP contribution is -2.21. The molecule has 110 valence electrons. The molecule has 0 aliphatic heterocycles. The van der Waals surface area contributed by atoms with Gasteiger partial charge in [-0.2, -0.15) is 0 Å². The molecule has 2 aromatic rings. The third-order valence-corrected chi connectivity index (χ3v) is 3.79. The highest BCUT2D eigenvalue weighted by atomic mass is 16.3. The molecule has 0 aliphatic rings. The number of benzene rings is 1. The van der Waals surface area contributed by atoms with Crippen molar-refractivity contribution in [2.45, 2.75) is 58.9 Å². The summed E-state index contributed by atoms with van der Waals surface area (Å²) < 4.78 is 6.05. The second-order valence-electron chi connectivity index (χ2n) is 5.90. The van der Waals surface area contributed by atoms with Gasteiger partial charge in [0.2, 0.25) is 0 Å². The van der Waals surface area contributed by atoms with Gasteiger partial charge in [0.25, 0.3) is 0 Å². The maximum Gasteiger partial charge on any atom is 0.134 e. The van der Waals surface area contributed by atoms with Gasteiger partial charge >= 0.3 is 0 Å². The molecule has 2 rings (SSSR count). The highest BCUT2D eigenvalue weighted by Crippen LogP contribution is 2.29. The lowest BCUT2D eigenvalue weighted by molar-refractivity contribution is 0.408. The van der Waals surface area contributed by atoms with Crippen molar-refractivity contribution < 1.29 is 4.42 Å². The van der Waals surface area contributed by atoms with E-state index in [1.807, 2.05) is 0 Å². The SMILES string of the molecule is CCCNC(CCC)c1cc2cc(C(C)C)ccc2o1. The number of furan rings is 1. The van der Waals surface area contributed by atoms with E-state index in [2.05, 4.69) is 57.3 Å². The molecular formula is C18H27NO. The fraction of sp³-hybridized carbons (Fsp3) is 0.556. The highest BCUT2D eigenvalue weighted by molar-refractivity contribution is 5.79. The van der Waals surface area contributed by atoms with E-state index in [9.17, 15) is 0 Å². The van der Waals surface area contributed by atoms with Gasteiger partial charge in [-0.15, -0.1) is 0 Å². The van der Waals surface area contributed by atoms with Crippen LogP contribution in [0, 0.1) is 0 Å². The molecule has 1 aromatic heterocycles. The average molecular weight is 273 g/mol. The summed E-state index contributed by atoms with van der Waals surface area (Å²) in [6.07, 6.45) is 3.43. The zero-order valence-corrected chi connectivity index (χ0v) is 13.2. The quantitative estimate of drug-likeness (QED) is 0.731. The summed E-state index contributed by atoms with van der Waals surface area (Å²) in [7, 11) is 0. The van der Waals surface area contributed by atoms with Crippen LogP contribution in [0.4, 0.5) is 0 Å². The van der Waals surface area contributed by atoms with Crippen LogP contribution >= 0.6 is 0 Å². The predicted molar refractivity (Wildman–Crippen MR) is 86.2 cm³/mol. The van der Waals surface area contributed by atoms with Crippen LogP contribution < -0.4 is 5.32 Å². The maximum absolute atomic E-state index is 6.05. The number of rotatable bonds is 7. The summed E-state index contributed by atoms with van der Waals surface area (Å²) in [6, 6.07) is 9.10. The van der Waals surface area contributed by atoms with E-state index in [1.54, 1.807) is 0 Å². The molecule has 0 bridgehead atoms. The first-order valence-electron chi connectivity index (χ1n) is 7.92. The van der Waals surface area contributed by atoms with E-state index in [-0.39, 0.29) is 0 Å². The van der Waals surface area contributed by atoms with E-state index < -0.39 is 0 Å². The Morgan fingerprint density at radius 3 is 2.55 bits per heavy atom. The number of hydrogen-bond acceptors (Lipinski definition) is 2. The Labute approximate surface area is 122 Å². The van der Waals surface area contributed by atoms with E-state index in [4.69, 9.17) is 4.42 Å². The first-order chi connectivity index (χ1) is 9.65. The van der Waals surface area contributed by atoms with Gasteiger partial charge in [0.1, 0.15) is 11.3 Å². The summed E-state index contributed by atoms with van der Waals surface area (Å²) in [4.78, 5) is 0. The van der Waals surface area contributed by atoms with Crippen molar-refractivity contribution in [2.24, 2.45) is 0 Å². The molecule has 1 heterocycles. The monoisotopic (exact) mass is 273 g/mol. The molecule has 0 amide bonds. The summed E-state index contributed by atoms with van der Waals surface area (Å²) >= 11 is 0. The molecule has 0 saturated heterocycles. The highest BCUT2D eigenvalue weighted by Gasteiger charge is 2.15. The van der Waals surface area contributed by atoms with Crippen LogP contribution in [0.15, 0.2) is 28.7 Å². The van der Waals surface area contributed by atoms with Crippen LogP contribution in [0.5, 0.6) is 0 Å². The van der Waals surface area contributed by atoms with E-state index in [1.165, 1.54) is 10.9 Å². The molecule has 1 aromatic carbocycles. The van der Waals surface area contributed by atoms with Gasteiger partial charge in [-0.1, -0.05) is 40.2 Å². The Bertz CT molecular complexity index is 541. The minimum Gasteiger partial charge on any atom is -0.459 e. The molecule has 20 heavy (non-hydrogen) atoms. The van der Waals surface area contributed by atoms with Crippen molar-refractivity contribution in [1.82, 2.24) is 5.32 Å². The summed E-state index contributed by atoms with van der Waals surface area (Å²) in [6.45, 7) is 9.92. The molecule has 0 fully saturated rings. The van der Waals surface area contributed by atoms with Crippen LogP contribution in [0.25, 0.3) is 11.0 Å². The van der Waals surface area contributed by atoms with E-state index >= 15 is 0 Å². The van der Waals surface area contributed by atoms with Gasteiger partial charge in [0.15, 0.2) is 0 Å². The molecule has 2 heteroatoms. The van der Waals surface area contributed by atoms with Crippen molar-refractivity contribution in [2.75, 3.05) is 6.54 Å². The van der Waals surface area contributed by atoms with Gasteiger partial charge in [-0.05, 0) is 49.1 Å². The van der Waals surface area contributed by atoms with E-state index in [0.29, 0.717) is 12.0 Å². The molecule has 1 N–H and O–H groups in total. The van der Waals surface area contributed by atoms with E-state index in [0.717, 1.165) is 37.2 Å². The van der Waals surface area contributed by atoms with Crippen molar-refractivity contribution in [3.8, 4) is 0 Å². The fourth-order valence-electron chi connectivity index (χ4n) is 2.57.